The third-order valence-corrected chi connectivity index (χ3v) is 12.3. The first-order valence-corrected chi connectivity index (χ1v) is 16.5. The number of aliphatic hydroxyl groups is 4. The van der Waals surface area contributed by atoms with Gasteiger partial charge in [-0.1, -0.05) is 66.8 Å². The smallest absolute Gasteiger partial charge is 0.337 e. The van der Waals surface area contributed by atoms with Crippen LogP contribution in [0.2, 0.25) is 0 Å². The number of carbonyl (C=O) groups excluding carboxylic acids is 4. The van der Waals surface area contributed by atoms with Gasteiger partial charge in [-0.15, -0.1) is 0 Å². The summed E-state index contributed by atoms with van der Waals surface area (Å²) >= 11 is 1.93. The number of ether oxygens (including phenoxy) is 4. The molecule has 4 N–H and O–H groups in total. The first kappa shape index (κ1) is 34.9. The normalized spacial score (nSPS) is 39.3. The average Bonchev–Trinajstić information content (AvgIpc) is 2.98. The lowest BCUT2D eigenvalue weighted by Gasteiger charge is -2.67. The number of hydrogen-bond acceptors (Lipinski definition) is 12. The van der Waals surface area contributed by atoms with Crippen molar-refractivity contribution < 1.29 is 58.6 Å². The van der Waals surface area contributed by atoms with Crippen LogP contribution in [0.15, 0.2) is 41.5 Å². The van der Waals surface area contributed by atoms with Gasteiger partial charge in [-0.05, 0) is 30.6 Å². The molecule has 252 valence electrons. The van der Waals surface area contributed by atoms with E-state index in [2.05, 4.69) is 0 Å². The Labute approximate surface area is 280 Å². The van der Waals surface area contributed by atoms with Gasteiger partial charge < -0.3 is 39.4 Å². The quantitative estimate of drug-likeness (QED) is 0.109. The van der Waals surface area contributed by atoms with Crippen molar-refractivity contribution >= 4 is 46.3 Å². The zero-order chi connectivity index (χ0) is 34.1. The molecule has 1 aliphatic heterocycles. The second kappa shape index (κ2) is 11.9. The predicted octanol–water partition coefficient (Wildman–Crippen LogP) is 1.88. The Morgan fingerprint density at radius 1 is 1.04 bits per heavy atom. The molecule has 0 amide bonds. The van der Waals surface area contributed by atoms with Crippen LogP contribution >= 0.6 is 22.6 Å². The minimum atomic E-state index is -2.21. The minimum Gasteiger partial charge on any atom is -0.456 e. The topological polar surface area (TPSA) is 186 Å². The summed E-state index contributed by atoms with van der Waals surface area (Å²) in [7, 11) is 0. The van der Waals surface area contributed by atoms with Crippen LogP contribution in [-0.2, 0) is 38.1 Å². The van der Waals surface area contributed by atoms with Crippen LogP contribution in [-0.4, -0.2) is 98.6 Å². The number of carbonyl (C=O) groups is 4. The van der Waals surface area contributed by atoms with E-state index in [1.807, 2.05) is 22.6 Å². The standard InChI is InChI=1S/C33H41IO12/c1-15-19(45-29(41)24(38)23(34)18-10-8-7-9-11-18)13-33(42)28(40)26-31(6,20(37)12-21-32(26,14-43-21)46-17(3)36)27(39)25(44-16(2)35)22(15)30(33,4)5/h7-11,19-21,23-26,28,37-38,40,42H,12-14H2,1-6H3/t19-,20-,21+,23?,24+,25+,26-,28?,31+,32-,33+/m0/s1. The van der Waals surface area contributed by atoms with E-state index in [9.17, 15) is 39.6 Å². The molecular weight excluding hydrogens is 715 g/mol. The van der Waals surface area contributed by atoms with E-state index in [4.69, 9.17) is 18.9 Å². The van der Waals surface area contributed by atoms with Crippen LogP contribution in [0.25, 0.3) is 0 Å². The van der Waals surface area contributed by atoms with Gasteiger partial charge in [0.1, 0.15) is 17.8 Å². The van der Waals surface area contributed by atoms with Gasteiger partial charge in [-0.25, -0.2) is 4.79 Å². The van der Waals surface area contributed by atoms with E-state index in [0.29, 0.717) is 11.1 Å². The third-order valence-electron chi connectivity index (χ3n) is 10.9. The van der Waals surface area contributed by atoms with E-state index in [1.165, 1.54) is 13.8 Å². The van der Waals surface area contributed by atoms with Gasteiger partial charge in [0.15, 0.2) is 23.6 Å². The molecule has 3 fully saturated rings. The number of aliphatic hydroxyl groups excluding tert-OH is 3. The highest BCUT2D eigenvalue weighted by molar-refractivity contribution is 14.1. The lowest BCUT2D eigenvalue weighted by molar-refractivity contribution is -0.346. The highest BCUT2D eigenvalue weighted by Gasteiger charge is 2.77. The van der Waals surface area contributed by atoms with Gasteiger partial charge in [-0.3, -0.25) is 14.4 Å². The van der Waals surface area contributed by atoms with E-state index >= 15 is 0 Å². The summed E-state index contributed by atoms with van der Waals surface area (Å²) in [5.74, 6) is -4.75. The van der Waals surface area contributed by atoms with E-state index in [-0.39, 0.29) is 18.6 Å². The summed E-state index contributed by atoms with van der Waals surface area (Å²) in [6.07, 6.45) is -9.26. The van der Waals surface area contributed by atoms with Crippen molar-refractivity contribution in [3.8, 4) is 0 Å². The number of halogens is 1. The van der Waals surface area contributed by atoms with E-state index < -0.39 is 98.6 Å². The highest BCUT2D eigenvalue weighted by atomic mass is 127. The molecule has 0 aromatic heterocycles. The summed E-state index contributed by atoms with van der Waals surface area (Å²) in [6.45, 7) is 8.22. The maximum Gasteiger partial charge on any atom is 0.337 e. The lowest BCUT2D eigenvalue weighted by Crippen LogP contribution is -2.81. The molecule has 11 atom stereocenters. The van der Waals surface area contributed by atoms with Crippen LogP contribution in [0.4, 0.5) is 0 Å². The molecule has 2 bridgehead atoms. The zero-order valence-corrected chi connectivity index (χ0v) is 28.7. The van der Waals surface area contributed by atoms with Gasteiger partial charge >= 0.3 is 17.9 Å². The molecule has 1 heterocycles. The molecule has 4 aliphatic rings. The molecule has 2 saturated carbocycles. The fraction of sp³-hybridized carbons (Fsp3) is 0.636. The largest absolute Gasteiger partial charge is 0.456 e. The molecule has 13 heteroatoms. The molecule has 3 aliphatic carbocycles. The summed E-state index contributed by atoms with van der Waals surface area (Å²) in [5, 5.41) is 47.6. The number of Topliss-reactive ketones (excluding diaryl/α,β-unsaturated/α-hetero) is 1. The average molecular weight is 757 g/mol. The van der Waals surface area contributed by atoms with Crippen molar-refractivity contribution in [2.24, 2.45) is 16.7 Å². The lowest BCUT2D eigenvalue weighted by atomic mass is 9.44. The van der Waals surface area contributed by atoms with Crippen molar-refractivity contribution in [3.05, 3.63) is 47.0 Å². The summed E-state index contributed by atoms with van der Waals surface area (Å²) in [6, 6.07) is 8.84. The molecule has 1 aromatic carbocycles. The number of fused-ring (bicyclic) bond motifs is 5. The van der Waals surface area contributed by atoms with Crippen molar-refractivity contribution in [1.82, 2.24) is 0 Å². The Kier molecular flexibility index (Phi) is 9.04. The summed E-state index contributed by atoms with van der Waals surface area (Å²) in [4.78, 5) is 53.2. The first-order chi connectivity index (χ1) is 21.3. The van der Waals surface area contributed by atoms with Crippen LogP contribution in [0, 0.1) is 16.7 Å². The van der Waals surface area contributed by atoms with Gasteiger partial charge in [0.05, 0.1) is 28.2 Å². The molecule has 0 radical (unpaired) electrons. The number of alkyl halides is 1. The number of ketones is 1. The molecule has 46 heavy (non-hydrogen) atoms. The highest BCUT2D eigenvalue weighted by Crippen LogP contribution is 2.63. The maximum absolute atomic E-state index is 14.8. The van der Waals surface area contributed by atoms with Gasteiger partial charge in [0, 0.05) is 38.0 Å². The minimum absolute atomic E-state index is 0.0993. The van der Waals surface area contributed by atoms with Crippen LogP contribution in [0.3, 0.4) is 0 Å². The van der Waals surface area contributed by atoms with Gasteiger partial charge in [-0.2, -0.15) is 0 Å². The zero-order valence-electron chi connectivity index (χ0n) is 26.6. The Morgan fingerprint density at radius 2 is 1.67 bits per heavy atom. The molecule has 1 aromatic rings. The molecular formula is C33H41IO12. The predicted molar refractivity (Wildman–Crippen MR) is 168 cm³/mol. The Morgan fingerprint density at radius 3 is 2.22 bits per heavy atom. The number of rotatable bonds is 6. The number of esters is 3. The van der Waals surface area contributed by atoms with E-state index in [0.717, 1.165) is 6.92 Å². The van der Waals surface area contributed by atoms with Crippen LogP contribution in [0.1, 0.15) is 63.9 Å². The Balaban J connectivity index is 1.67. The van der Waals surface area contributed by atoms with Crippen molar-refractivity contribution in [3.63, 3.8) is 0 Å². The molecule has 12 nitrogen and oxygen atoms in total. The summed E-state index contributed by atoms with van der Waals surface area (Å²) < 4.78 is 22.3. The third kappa shape index (κ3) is 5.04. The SMILES string of the molecule is CC(=O)O[C@H]1C(=O)[C@@]2(C)[C@H](C(O)[C@]3(O)C[C@H](OC(=O)[C@H](O)C(I)c4ccccc4)C(C)=C1C3(C)C)[C@]1(OC(C)=O)CO[C@@H]1C[C@@H]2O. The van der Waals surface area contributed by atoms with Gasteiger partial charge in [0.25, 0.3) is 0 Å². The molecule has 1 saturated heterocycles. The maximum atomic E-state index is 14.8. The van der Waals surface area contributed by atoms with Crippen molar-refractivity contribution in [2.75, 3.05) is 6.61 Å². The van der Waals surface area contributed by atoms with Crippen molar-refractivity contribution in [2.45, 2.75) is 106 Å². The van der Waals surface area contributed by atoms with Gasteiger partial charge in [0.2, 0.25) is 0 Å². The molecule has 2 unspecified atom stereocenters. The Hall–Kier alpha value is -2.43. The van der Waals surface area contributed by atoms with Crippen LogP contribution in [0.5, 0.6) is 0 Å². The second-order valence-corrected chi connectivity index (χ2v) is 15.0. The fourth-order valence-electron chi connectivity index (χ4n) is 8.29. The van der Waals surface area contributed by atoms with Crippen molar-refractivity contribution in [1.29, 1.82) is 0 Å². The monoisotopic (exact) mass is 756 g/mol. The second-order valence-electron chi connectivity index (χ2n) is 13.7. The fourth-order valence-corrected chi connectivity index (χ4v) is 8.99. The number of benzene rings is 1. The molecule has 5 rings (SSSR count). The molecule has 0 spiro atoms. The first-order valence-electron chi connectivity index (χ1n) is 15.2. The Bertz CT molecular complexity index is 1460. The summed E-state index contributed by atoms with van der Waals surface area (Å²) in [5.41, 5.74) is -6.14. The number of hydrogen-bond donors (Lipinski definition) is 4. The van der Waals surface area contributed by atoms with Crippen LogP contribution < -0.4 is 0 Å². The van der Waals surface area contributed by atoms with E-state index in [1.54, 1.807) is 51.1 Å².